The SMILES string of the molecule is CCCCOc1ccc(S(=O)(=O)NC(C(=O)NO)C(C)(C)SC)cc1. The van der Waals surface area contributed by atoms with Gasteiger partial charge in [-0.25, -0.2) is 13.9 Å². The predicted octanol–water partition coefficient (Wildman–Crippen LogP) is 2.16. The third kappa shape index (κ3) is 6.18. The van der Waals surface area contributed by atoms with Gasteiger partial charge in [0.2, 0.25) is 10.0 Å². The molecule has 25 heavy (non-hydrogen) atoms. The van der Waals surface area contributed by atoms with Gasteiger partial charge in [0.1, 0.15) is 11.8 Å². The van der Waals surface area contributed by atoms with Crippen LogP contribution < -0.4 is 14.9 Å². The number of sulfonamides is 1. The number of unbranched alkanes of at least 4 members (excludes halogenated alkanes) is 1. The van der Waals surface area contributed by atoms with Gasteiger partial charge >= 0.3 is 0 Å². The standard InChI is InChI=1S/C16H26N2O5S2/c1-5-6-11-23-12-7-9-13(10-8-12)25(21,22)18-14(15(19)17-20)16(2,3)24-4/h7-10,14,18,20H,5-6,11H2,1-4H3,(H,17,19). The zero-order valence-electron chi connectivity index (χ0n) is 14.9. The van der Waals surface area contributed by atoms with E-state index in [9.17, 15) is 13.2 Å². The summed E-state index contributed by atoms with van der Waals surface area (Å²) in [7, 11) is -3.94. The van der Waals surface area contributed by atoms with Crippen molar-refractivity contribution in [3.63, 3.8) is 0 Å². The van der Waals surface area contributed by atoms with E-state index < -0.39 is 26.7 Å². The molecule has 1 atom stereocenters. The molecular formula is C16H26N2O5S2. The molecule has 1 rings (SSSR count). The minimum absolute atomic E-state index is 0.0167. The van der Waals surface area contributed by atoms with Gasteiger partial charge in [0.25, 0.3) is 5.91 Å². The van der Waals surface area contributed by atoms with Gasteiger partial charge in [0.15, 0.2) is 0 Å². The van der Waals surface area contributed by atoms with Crippen LogP contribution in [0, 0.1) is 0 Å². The number of hydrogen-bond donors (Lipinski definition) is 3. The summed E-state index contributed by atoms with van der Waals surface area (Å²) < 4.78 is 32.3. The molecule has 7 nitrogen and oxygen atoms in total. The van der Waals surface area contributed by atoms with Crippen molar-refractivity contribution < 1.29 is 23.2 Å². The molecule has 0 saturated carbocycles. The van der Waals surface area contributed by atoms with Crippen LogP contribution in [-0.2, 0) is 14.8 Å². The third-order valence-electron chi connectivity index (χ3n) is 3.77. The number of amides is 1. The molecule has 0 aliphatic carbocycles. The molecule has 1 amide bonds. The Morgan fingerprint density at radius 3 is 2.40 bits per heavy atom. The summed E-state index contributed by atoms with van der Waals surface area (Å²) in [5.74, 6) is -0.232. The molecule has 0 aliphatic heterocycles. The van der Waals surface area contributed by atoms with Crippen molar-refractivity contribution in [2.75, 3.05) is 12.9 Å². The predicted molar refractivity (Wildman–Crippen MR) is 98.5 cm³/mol. The molecule has 1 aromatic rings. The van der Waals surface area contributed by atoms with E-state index in [4.69, 9.17) is 9.94 Å². The number of carbonyl (C=O) groups is 1. The van der Waals surface area contributed by atoms with E-state index in [1.54, 1.807) is 32.2 Å². The molecule has 0 saturated heterocycles. The van der Waals surface area contributed by atoms with Gasteiger partial charge in [-0.1, -0.05) is 13.3 Å². The number of hydrogen-bond acceptors (Lipinski definition) is 6. The molecule has 0 heterocycles. The molecule has 142 valence electrons. The van der Waals surface area contributed by atoms with E-state index in [-0.39, 0.29) is 4.90 Å². The normalized spacial score (nSPS) is 13.3. The van der Waals surface area contributed by atoms with Gasteiger partial charge in [-0.05, 0) is 50.8 Å². The molecule has 1 aromatic carbocycles. The van der Waals surface area contributed by atoms with E-state index in [0.29, 0.717) is 12.4 Å². The Labute approximate surface area is 153 Å². The minimum Gasteiger partial charge on any atom is -0.494 e. The van der Waals surface area contributed by atoms with E-state index in [1.807, 2.05) is 0 Å². The Balaban J connectivity index is 2.96. The van der Waals surface area contributed by atoms with Crippen molar-refractivity contribution in [1.29, 1.82) is 0 Å². The Morgan fingerprint density at radius 2 is 1.92 bits per heavy atom. The van der Waals surface area contributed by atoms with Gasteiger partial charge in [0.05, 0.1) is 11.5 Å². The monoisotopic (exact) mass is 390 g/mol. The first kappa shape index (κ1) is 21.8. The van der Waals surface area contributed by atoms with Gasteiger partial charge in [-0.15, -0.1) is 0 Å². The molecule has 0 bridgehead atoms. The molecule has 3 N–H and O–H groups in total. The van der Waals surface area contributed by atoms with Crippen LogP contribution in [0.2, 0.25) is 0 Å². The lowest BCUT2D eigenvalue weighted by Gasteiger charge is -2.31. The van der Waals surface area contributed by atoms with Gasteiger partial charge in [0, 0.05) is 4.75 Å². The second kappa shape index (κ2) is 9.42. The molecular weight excluding hydrogens is 364 g/mol. The second-order valence-electron chi connectivity index (χ2n) is 6.01. The summed E-state index contributed by atoms with van der Waals surface area (Å²) in [5, 5.41) is 8.91. The maximum absolute atomic E-state index is 12.6. The molecule has 0 spiro atoms. The average Bonchev–Trinajstić information content (AvgIpc) is 2.59. The highest BCUT2D eigenvalue weighted by atomic mass is 32.2. The number of nitrogens with one attached hydrogen (secondary N) is 2. The van der Waals surface area contributed by atoms with Crippen LogP contribution in [0.1, 0.15) is 33.6 Å². The molecule has 9 heteroatoms. The quantitative estimate of drug-likeness (QED) is 0.321. The van der Waals surface area contributed by atoms with Crippen molar-refractivity contribution in [1.82, 2.24) is 10.2 Å². The van der Waals surface area contributed by atoms with Crippen molar-refractivity contribution >= 4 is 27.7 Å². The van der Waals surface area contributed by atoms with Crippen LogP contribution in [0.5, 0.6) is 5.75 Å². The van der Waals surface area contributed by atoms with Crippen LogP contribution in [-0.4, -0.2) is 43.2 Å². The fraction of sp³-hybridized carbons (Fsp3) is 0.562. The lowest BCUT2D eigenvalue weighted by Crippen LogP contribution is -2.55. The van der Waals surface area contributed by atoms with Crippen LogP contribution in [0.25, 0.3) is 0 Å². The summed E-state index contributed by atoms with van der Waals surface area (Å²) in [5.41, 5.74) is 1.52. The van der Waals surface area contributed by atoms with Crippen LogP contribution >= 0.6 is 11.8 Å². The maximum atomic E-state index is 12.6. The number of hydroxylamine groups is 1. The number of ether oxygens (including phenoxy) is 1. The Bertz CT molecular complexity index is 660. The zero-order chi connectivity index (χ0) is 19.1. The molecule has 0 aliphatic rings. The number of rotatable bonds is 10. The first-order valence-electron chi connectivity index (χ1n) is 7.92. The maximum Gasteiger partial charge on any atom is 0.262 e. The second-order valence-corrected chi connectivity index (χ2v) is 9.19. The molecule has 1 unspecified atom stereocenters. The molecule has 0 radical (unpaired) electrons. The largest absolute Gasteiger partial charge is 0.494 e. The highest BCUT2D eigenvalue weighted by molar-refractivity contribution is 8.00. The number of benzene rings is 1. The minimum atomic E-state index is -3.94. The fourth-order valence-corrected chi connectivity index (χ4v) is 3.78. The van der Waals surface area contributed by atoms with Crippen LogP contribution in [0.15, 0.2) is 29.2 Å². The van der Waals surface area contributed by atoms with E-state index >= 15 is 0 Å². The van der Waals surface area contributed by atoms with Gasteiger partial charge in [-0.3, -0.25) is 10.0 Å². The lowest BCUT2D eigenvalue weighted by molar-refractivity contribution is -0.131. The average molecular weight is 391 g/mol. The molecule has 0 aromatic heterocycles. The summed E-state index contributed by atoms with van der Waals surface area (Å²) in [6, 6.07) is 4.85. The zero-order valence-corrected chi connectivity index (χ0v) is 16.5. The first-order chi connectivity index (χ1) is 11.7. The van der Waals surface area contributed by atoms with Crippen molar-refractivity contribution in [2.45, 2.75) is 49.3 Å². The summed E-state index contributed by atoms with van der Waals surface area (Å²) >= 11 is 1.31. The molecule has 0 fully saturated rings. The Kier molecular flexibility index (Phi) is 8.20. The van der Waals surface area contributed by atoms with Crippen LogP contribution in [0.3, 0.4) is 0 Å². The number of carbonyl (C=O) groups excluding carboxylic acids is 1. The highest BCUT2D eigenvalue weighted by Gasteiger charge is 2.38. The number of thioether (sulfide) groups is 1. The van der Waals surface area contributed by atoms with Gasteiger partial charge < -0.3 is 4.74 Å². The van der Waals surface area contributed by atoms with Crippen molar-refractivity contribution in [3.8, 4) is 5.75 Å². The van der Waals surface area contributed by atoms with Crippen LogP contribution in [0.4, 0.5) is 0 Å². The van der Waals surface area contributed by atoms with E-state index in [2.05, 4.69) is 11.6 Å². The summed E-state index contributed by atoms with van der Waals surface area (Å²) in [6.45, 7) is 6.05. The smallest absolute Gasteiger partial charge is 0.262 e. The summed E-state index contributed by atoms with van der Waals surface area (Å²) in [6.07, 6.45) is 3.69. The summed E-state index contributed by atoms with van der Waals surface area (Å²) in [4.78, 5) is 11.9. The van der Waals surface area contributed by atoms with Crippen molar-refractivity contribution in [3.05, 3.63) is 24.3 Å². The van der Waals surface area contributed by atoms with Crippen molar-refractivity contribution in [2.24, 2.45) is 0 Å². The Hall–Kier alpha value is -1.29. The van der Waals surface area contributed by atoms with Gasteiger partial charge in [-0.2, -0.15) is 16.5 Å². The van der Waals surface area contributed by atoms with E-state index in [0.717, 1.165) is 12.8 Å². The third-order valence-corrected chi connectivity index (χ3v) is 6.49. The topological polar surface area (TPSA) is 105 Å². The highest BCUT2D eigenvalue weighted by Crippen LogP contribution is 2.27. The Morgan fingerprint density at radius 1 is 1.32 bits per heavy atom. The first-order valence-corrected chi connectivity index (χ1v) is 10.6. The fourth-order valence-electron chi connectivity index (χ4n) is 1.97. The van der Waals surface area contributed by atoms with E-state index in [1.165, 1.54) is 29.4 Å². The lowest BCUT2D eigenvalue weighted by atomic mass is 10.0.